The summed E-state index contributed by atoms with van der Waals surface area (Å²) in [5, 5.41) is 14.8. The zero-order valence-electron chi connectivity index (χ0n) is 27.6. The zero-order valence-corrected chi connectivity index (χ0v) is 28.5. The molecule has 5 rings (SSSR count). The predicted molar refractivity (Wildman–Crippen MR) is 190 cm³/mol. The van der Waals surface area contributed by atoms with E-state index in [1.165, 1.54) is 74.2 Å². The molecule has 1 fully saturated rings. The van der Waals surface area contributed by atoms with Crippen LogP contribution < -0.4 is 21.9 Å². The standard InChI is InChI=1S/C24H20B.C12H28N4.NO3.Ni/c1-5-13-21(14-6-1)25(22-15-7-2-8-16-22,23-17-9-3-10-18-23)24-19-11-4-12-20-24;1-13-5-7-14(2)9-11-16(4)12-10-15(3)8-6-13;2-1(3)4;/h1-20H;5-12H2,1-4H3;;/q-1;;-1;+2. The summed E-state index contributed by atoms with van der Waals surface area (Å²) in [6, 6.07) is 43.5. The van der Waals surface area contributed by atoms with Gasteiger partial charge in [0.2, 0.25) is 0 Å². The normalized spacial score (nSPS) is 15.7. The summed E-state index contributed by atoms with van der Waals surface area (Å²) in [6.07, 6.45) is -1.22. The molecule has 0 unspecified atom stereocenters. The van der Waals surface area contributed by atoms with Crippen LogP contribution in [0.25, 0.3) is 0 Å². The summed E-state index contributed by atoms with van der Waals surface area (Å²) >= 11 is 0. The number of benzene rings is 4. The fourth-order valence-corrected chi connectivity index (χ4v) is 5.93. The molecule has 0 spiro atoms. The minimum absolute atomic E-state index is 0. The van der Waals surface area contributed by atoms with E-state index in [0.717, 1.165) is 0 Å². The van der Waals surface area contributed by atoms with Crippen LogP contribution in [0.2, 0.25) is 0 Å². The first-order chi connectivity index (χ1) is 21.7. The van der Waals surface area contributed by atoms with Crippen molar-refractivity contribution < 1.29 is 21.6 Å². The van der Waals surface area contributed by atoms with Gasteiger partial charge in [0.05, 0.1) is 5.09 Å². The van der Waals surface area contributed by atoms with Gasteiger partial charge in [-0.15, -0.1) is 0 Å². The average molecular weight is 668 g/mol. The van der Waals surface area contributed by atoms with E-state index in [1.54, 1.807) is 0 Å². The maximum absolute atomic E-state index is 8.25. The van der Waals surface area contributed by atoms with Crippen LogP contribution in [0.15, 0.2) is 121 Å². The summed E-state index contributed by atoms with van der Waals surface area (Å²) in [6.45, 7) is 9.40. The van der Waals surface area contributed by atoms with Gasteiger partial charge in [-0.2, -0.15) is 21.9 Å². The molecule has 10 heteroatoms. The molecule has 248 valence electrons. The summed E-state index contributed by atoms with van der Waals surface area (Å²) in [5.74, 6) is 0. The second-order valence-corrected chi connectivity index (χ2v) is 11.9. The van der Waals surface area contributed by atoms with Gasteiger partial charge < -0.3 is 34.9 Å². The van der Waals surface area contributed by atoms with Crippen molar-refractivity contribution in [3.8, 4) is 0 Å². The van der Waals surface area contributed by atoms with Crippen molar-refractivity contribution in [2.75, 3.05) is 80.5 Å². The number of rotatable bonds is 4. The van der Waals surface area contributed by atoms with Gasteiger partial charge in [-0.25, -0.2) is 0 Å². The van der Waals surface area contributed by atoms with Crippen molar-refractivity contribution in [1.82, 2.24) is 19.6 Å². The van der Waals surface area contributed by atoms with Crippen LogP contribution in [0, 0.1) is 15.3 Å². The molecular weight excluding hydrogens is 620 g/mol. The first kappa shape index (κ1) is 38.7. The van der Waals surface area contributed by atoms with Crippen LogP contribution in [-0.2, 0) is 16.5 Å². The van der Waals surface area contributed by atoms with Crippen molar-refractivity contribution in [2.45, 2.75) is 0 Å². The molecule has 1 heterocycles. The first-order valence-electron chi connectivity index (χ1n) is 15.7. The van der Waals surface area contributed by atoms with Crippen molar-refractivity contribution in [3.05, 3.63) is 137 Å². The second kappa shape index (κ2) is 20.6. The third-order valence-corrected chi connectivity index (χ3v) is 8.65. The smallest absolute Gasteiger partial charge is 0.356 e. The Hall–Kier alpha value is -3.52. The zero-order chi connectivity index (χ0) is 32.5. The van der Waals surface area contributed by atoms with Gasteiger partial charge in [-0.1, -0.05) is 121 Å². The molecule has 0 aliphatic carbocycles. The van der Waals surface area contributed by atoms with E-state index in [-0.39, 0.29) is 16.5 Å². The van der Waals surface area contributed by atoms with Crippen LogP contribution in [0.5, 0.6) is 0 Å². The van der Waals surface area contributed by atoms with E-state index >= 15 is 0 Å². The Morgan fingerprint density at radius 2 is 0.587 bits per heavy atom. The minimum atomic E-state index is -1.75. The van der Waals surface area contributed by atoms with E-state index in [9.17, 15) is 0 Å². The molecule has 4 aromatic rings. The molecule has 0 saturated carbocycles. The minimum Gasteiger partial charge on any atom is -0.356 e. The molecular formula is C36H48BN5NiO3. The second-order valence-electron chi connectivity index (χ2n) is 11.9. The predicted octanol–water partition coefficient (Wildman–Crippen LogP) is 2.55. The van der Waals surface area contributed by atoms with Gasteiger partial charge in [-0.3, -0.25) is 0 Å². The number of likely N-dealkylation sites (N-methyl/N-ethyl adjacent to an activating group) is 4. The van der Waals surface area contributed by atoms with E-state index in [0.29, 0.717) is 0 Å². The van der Waals surface area contributed by atoms with Crippen LogP contribution in [0.1, 0.15) is 0 Å². The van der Waals surface area contributed by atoms with Crippen LogP contribution in [-0.4, -0.2) is 111 Å². The first-order valence-corrected chi connectivity index (χ1v) is 15.7. The average Bonchev–Trinajstić information content (AvgIpc) is 3.06. The Morgan fingerprint density at radius 1 is 0.435 bits per heavy atom. The number of hydrogen-bond acceptors (Lipinski definition) is 7. The van der Waals surface area contributed by atoms with Crippen molar-refractivity contribution in [3.63, 3.8) is 0 Å². The molecule has 8 nitrogen and oxygen atoms in total. The quantitative estimate of drug-likeness (QED) is 0.188. The fraction of sp³-hybridized carbons (Fsp3) is 0.333. The summed E-state index contributed by atoms with van der Waals surface area (Å²) in [7, 11) is 8.89. The molecule has 1 saturated heterocycles. The largest absolute Gasteiger partial charge is 2.00 e. The molecule has 0 bridgehead atoms. The third kappa shape index (κ3) is 12.0. The Labute approximate surface area is 285 Å². The monoisotopic (exact) mass is 667 g/mol. The maximum atomic E-state index is 8.25. The molecule has 0 radical (unpaired) electrons. The molecule has 46 heavy (non-hydrogen) atoms. The SMILES string of the molecule is CN1CCN(C)CCN(C)CCN(C)CC1.O=[N+]([O-])[O-].[Ni+2].c1ccc([B-](c2ccccc2)(c2ccccc2)c2ccccc2)cc1. The molecule has 1 aliphatic heterocycles. The third-order valence-electron chi connectivity index (χ3n) is 8.65. The molecule has 0 amide bonds. The summed E-state index contributed by atoms with van der Waals surface area (Å²) in [5.41, 5.74) is 5.36. The van der Waals surface area contributed by atoms with Crippen LogP contribution >= 0.6 is 0 Å². The van der Waals surface area contributed by atoms with Gasteiger partial charge >= 0.3 is 16.5 Å². The van der Waals surface area contributed by atoms with E-state index in [1.807, 2.05) is 0 Å². The van der Waals surface area contributed by atoms with Crippen LogP contribution in [0.4, 0.5) is 0 Å². The van der Waals surface area contributed by atoms with E-state index in [4.69, 9.17) is 15.3 Å². The van der Waals surface area contributed by atoms with Gasteiger partial charge in [0, 0.05) is 52.4 Å². The topological polar surface area (TPSA) is 79.2 Å². The Morgan fingerprint density at radius 3 is 0.739 bits per heavy atom. The van der Waals surface area contributed by atoms with Crippen molar-refractivity contribution in [2.24, 2.45) is 0 Å². The maximum Gasteiger partial charge on any atom is 2.00 e. The van der Waals surface area contributed by atoms with E-state index < -0.39 is 11.2 Å². The molecule has 0 atom stereocenters. The molecule has 4 aromatic carbocycles. The summed E-state index contributed by atoms with van der Waals surface area (Å²) < 4.78 is 0. The van der Waals surface area contributed by atoms with Crippen LogP contribution in [0.3, 0.4) is 0 Å². The van der Waals surface area contributed by atoms with Gasteiger partial charge in [0.15, 0.2) is 0 Å². The molecule has 1 aliphatic rings. The number of hydrogen-bond donors (Lipinski definition) is 0. The molecule has 0 N–H and O–H groups in total. The Balaban J connectivity index is 0.000000304. The van der Waals surface area contributed by atoms with Gasteiger partial charge in [0.25, 0.3) is 0 Å². The van der Waals surface area contributed by atoms with Crippen molar-refractivity contribution >= 4 is 28.0 Å². The van der Waals surface area contributed by atoms with Crippen molar-refractivity contribution in [1.29, 1.82) is 0 Å². The number of nitrogens with zero attached hydrogens (tertiary/aromatic N) is 5. The fourth-order valence-electron chi connectivity index (χ4n) is 5.93. The summed E-state index contributed by atoms with van der Waals surface area (Å²) in [4.78, 5) is 18.0. The Bertz CT molecular complexity index is 1150. The Kier molecular flexibility index (Phi) is 17.3. The van der Waals surface area contributed by atoms with E-state index in [2.05, 4.69) is 169 Å². The van der Waals surface area contributed by atoms with Gasteiger partial charge in [-0.05, 0) is 28.2 Å². The van der Waals surface area contributed by atoms with Gasteiger partial charge in [0.1, 0.15) is 6.15 Å². The molecule has 0 aromatic heterocycles.